The van der Waals surface area contributed by atoms with E-state index in [1.54, 1.807) is 0 Å². The highest BCUT2D eigenvalue weighted by molar-refractivity contribution is 9.10. The molecular formula is C12H8BrF4N3. The number of nitrogens with two attached hydrogens (primary N) is 1. The van der Waals surface area contributed by atoms with Crippen molar-refractivity contribution in [3.05, 3.63) is 46.4 Å². The third kappa shape index (κ3) is 3.19. The Balaban J connectivity index is 2.35. The monoisotopic (exact) mass is 349 g/mol. The number of nitrogen functional groups attached to an aromatic ring is 1. The number of nitrogens with zero attached hydrogens (tertiary/aromatic N) is 1. The molecule has 0 aliphatic heterocycles. The topological polar surface area (TPSA) is 50.9 Å². The minimum absolute atomic E-state index is 0.00838. The summed E-state index contributed by atoms with van der Waals surface area (Å²) in [6, 6.07) is 4.84. The Kier molecular flexibility index (Phi) is 3.85. The van der Waals surface area contributed by atoms with Crippen molar-refractivity contribution in [2.24, 2.45) is 0 Å². The molecule has 1 heterocycles. The molecule has 20 heavy (non-hydrogen) atoms. The molecule has 0 fully saturated rings. The third-order valence-corrected chi connectivity index (χ3v) is 3.07. The fourth-order valence-corrected chi connectivity index (χ4v) is 1.71. The summed E-state index contributed by atoms with van der Waals surface area (Å²) < 4.78 is 51.3. The van der Waals surface area contributed by atoms with E-state index in [0.717, 1.165) is 18.3 Å². The largest absolute Gasteiger partial charge is 0.433 e. The predicted molar refractivity (Wildman–Crippen MR) is 71.0 cm³/mol. The molecule has 1 aromatic heterocycles. The smallest absolute Gasteiger partial charge is 0.396 e. The number of pyridine rings is 1. The van der Waals surface area contributed by atoms with Crippen molar-refractivity contribution in [3.63, 3.8) is 0 Å². The average Bonchev–Trinajstić information content (AvgIpc) is 2.35. The summed E-state index contributed by atoms with van der Waals surface area (Å²) in [6.07, 6.45) is -3.67. The van der Waals surface area contributed by atoms with Crippen LogP contribution in [-0.2, 0) is 6.18 Å². The van der Waals surface area contributed by atoms with Crippen LogP contribution in [0.4, 0.5) is 34.6 Å². The van der Waals surface area contributed by atoms with Crippen LogP contribution in [0.3, 0.4) is 0 Å². The van der Waals surface area contributed by atoms with Gasteiger partial charge in [-0.3, -0.25) is 0 Å². The second-order valence-electron chi connectivity index (χ2n) is 3.91. The van der Waals surface area contributed by atoms with Crippen LogP contribution in [0.15, 0.2) is 34.9 Å². The summed E-state index contributed by atoms with van der Waals surface area (Å²) in [7, 11) is 0. The zero-order valence-electron chi connectivity index (χ0n) is 9.80. The van der Waals surface area contributed by atoms with Crippen LogP contribution in [0, 0.1) is 5.82 Å². The number of hydrogen-bond acceptors (Lipinski definition) is 3. The first-order valence-electron chi connectivity index (χ1n) is 5.32. The van der Waals surface area contributed by atoms with E-state index in [0.29, 0.717) is 0 Å². The lowest BCUT2D eigenvalue weighted by Gasteiger charge is -2.12. The SMILES string of the molecule is Nc1cnc(C(F)(F)F)cc1Nc1ccc(Br)c(F)c1. The first kappa shape index (κ1) is 14.6. The number of aromatic nitrogens is 1. The summed E-state index contributed by atoms with van der Waals surface area (Å²) >= 11 is 2.98. The number of nitrogens with one attached hydrogen (secondary N) is 1. The molecule has 1 aromatic carbocycles. The molecule has 0 aliphatic rings. The molecule has 2 rings (SSSR count). The summed E-state index contributed by atoms with van der Waals surface area (Å²) in [5.74, 6) is -0.543. The van der Waals surface area contributed by atoms with Crippen LogP contribution in [-0.4, -0.2) is 4.98 Å². The molecule has 0 saturated heterocycles. The van der Waals surface area contributed by atoms with Crippen LogP contribution in [0.5, 0.6) is 0 Å². The van der Waals surface area contributed by atoms with Gasteiger partial charge >= 0.3 is 6.18 Å². The molecule has 0 unspecified atom stereocenters. The van der Waals surface area contributed by atoms with E-state index in [1.807, 2.05) is 0 Å². The molecule has 0 aliphatic carbocycles. The number of anilines is 3. The van der Waals surface area contributed by atoms with E-state index in [2.05, 4.69) is 26.2 Å². The Morgan fingerprint density at radius 2 is 1.90 bits per heavy atom. The van der Waals surface area contributed by atoms with Crippen molar-refractivity contribution in [2.75, 3.05) is 11.1 Å². The van der Waals surface area contributed by atoms with E-state index >= 15 is 0 Å². The minimum Gasteiger partial charge on any atom is -0.396 e. The second-order valence-corrected chi connectivity index (χ2v) is 4.76. The quantitative estimate of drug-likeness (QED) is 0.793. The molecule has 0 spiro atoms. The van der Waals surface area contributed by atoms with Gasteiger partial charge in [-0.2, -0.15) is 13.2 Å². The van der Waals surface area contributed by atoms with Gasteiger partial charge in [0.15, 0.2) is 0 Å². The molecule has 2 aromatic rings. The van der Waals surface area contributed by atoms with E-state index in [1.165, 1.54) is 12.1 Å². The van der Waals surface area contributed by atoms with Crippen molar-refractivity contribution >= 4 is 33.0 Å². The Labute approximate surface area is 119 Å². The standard InChI is InChI=1S/C12H8BrF4N3/c13-7-2-1-6(3-8(7)14)20-10-4-11(12(15,16)17)19-5-9(10)18/h1-5H,18H2,(H,19,20). The molecule has 8 heteroatoms. The normalized spacial score (nSPS) is 11.4. The molecule has 0 saturated carbocycles. The van der Waals surface area contributed by atoms with Gasteiger partial charge in [-0.25, -0.2) is 9.37 Å². The number of benzene rings is 1. The van der Waals surface area contributed by atoms with Crippen molar-refractivity contribution in [1.29, 1.82) is 0 Å². The lowest BCUT2D eigenvalue weighted by atomic mass is 10.2. The first-order chi connectivity index (χ1) is 9.27. The van der Waals surface area contributed by atoms with Gasteiger partial charge in [-0.1, -0.05) is 0 Å². The van der Waals surface area contributed by atoms with Crippen LogP contribution in [0.25, 0.3) is 0 Å². The lowest BCUT2D eigenvalue weighted by molar-refractivity contribution is -0.141. The molecular weight excluding hydrogens is 342 g/mol. The molecule has 0 amide bonds. The summed E-state index contributed by atoms with van der Waals surface area (Å²) in [5.41, 5.74) is 4.79. The summed E-state index contributed by atoms with van der Waals surface area (Å²) in [6.45, 7) is 0. The van der Waals surface area contributed by atoms with E-state index in [-0.39, 0.29) is 21.5 Å². The van der Waals surface area contributed by atoms with Gasteiger partial charge in [0.1, 0.15) is 11.5 Å². The number of hydrogen-bond donors (Lipinski definition) is 2. The molecule has 106 valence electrons. The second kappa shape index (κ2) is 5.28. The highest BCUT2D eigenvalue weighted by Gasteiger charge is 2.32. The van der Waals surface area contributed by atoms with Crippen LogP contribution >= 0.6 is 15.9 Å². The van der Waals surface area contributed by atoms with Gasteiger partial charge < -0.3 is 11.1 Å². The Hall–Kier alpha value is -1.83. The predicted octanol–water partition coefficient (Wildman–Crippen LogP) is 4.33. The molecule has 0 bridgehead atoms. The first-order valence-corrected chi connectivity index (χ1v) is 6.11. The Bertz CT molecular complexity index is 643. The fourth-order valence-electron chi connectivity index (χ4n) is 1.46. The van der Waals surface area contributed by atoms with E-state index in [9.17, 15) is 17.6 Å². The van der Waals surface area contributed by atoms with Gasteiger partial charge in [0.25, 0.3) is 0 Å². The molecule has 0 atom stereocenters. The molecule has 0 radical (unpaired) electrons. The number of rotatable bonds is 2. The van der Waals surface area contributed by atoms with Crippen molar-refractivity contribution in [1.82, 2.24) is 4.98 Å². The number of alkyl halides is 3. The van der Waals surface area contributed by atoms with Gasteiger partial charge in [0.05, 0.1) is 22.0 Å². The zero-order chi connectivity index (χ0) is 14.9. The van der Waals surface area contributed by atoms with Gasteiger partial charge in [0.2, 0.25) is 0 Å². The zero-order valence-corrected chi connectivity index (χ0v) is 11.4. The molecule has 3 nitrogen and oxygen atoms in total. The maximum atomic E-state index is 13.3. The highest BCUT2D eigenvalue weighted by Crippen LogP contribution is 2.32. The Morgan fingerprint density at radius 3 is 2.50 bits per heavy atom. The minimum atomic E-state index is -4.57. The van der Waals surface area contributed by atoms with Crippen LogP contribution < -0.4 is 11.1 Å². The third-order valence-electron chi connectivity index (χ3n) is 2.42. The van der Waals surface area contributed by atoms with Crippen molar-refractivity contribution in [3.8, 4) is 0 Å². The van der Waals surface area contributed by atoms with Crippen molar-refractivity contribution < 1.29 is 17.6 Å². The Morgan fingerprint density at radius 1 is 1.20 bits per heavy atom. The molecule has 3 N–H and O–H groups in total. The van der Waals surface area contributed by atoms with Crippen LogP contribution in [0.1, 0.15) is 5.69 Å². The average molecular weight is 350 g/mol. The van der Waals surface area contributed by atoms with Gasteiger partial charge in [0, 0.05) is 5.69 Å². The van der Waals surface area contributed by atoms with Crippen molar-refractivity contribution in [2.45, 2.75) is 6.18 Å². The van der Waals surface area contributed by atoms with E-state index < -0.39 is 17.7 Å². The van der Waals surface area contributed by atoms with E-state index in [4.69, 9.17) is 5.73 Å². The van der Waals surface area contributed by atoms with Gasteiger partial charge in [-0.15, -0.1) is 0 Å². The maximum absolute atomic E-state index is 13.3. The summed E-state index contributed by atoms with van der Waals surface area (Å²) in [4.78, 5) is 3.21. The summed E-state index contributed by atoms with van der Waals surface area (Å²) in [5, 5.41) is 2.63. The highest BCUT2D eigenvalue weighted by atomic mass is 79.9. The number of halogens is 5. The fraction of sp³-hybridized carbons (Fsp3) is 0.0833. The van der Waals surface area contributed by atoms with Gasteiger partial charge in [-0.05, 0) is 40.2 Å². The van der Waals surface area contributed by atoms with Crippen LogP contribution in [0.2, 0.25) is 0 Å². The maximum Gasteiger partial charge on any atom is 0.433 e. The lowest BCUT2D eigenvalue weighted by Crippen LogP contribution is -2.09.